The summed E-state index contributed by atoms with van der Waals surface area (Å²) in [7, 11) is 5.23. The highest BCUT2D eigenvalue weighted by Crippen LogP contribution is 2.21. The van der Waals surface area contributed by atoms with Gasteiger partial charge in [0.1, 0.15) is 17.3 Å². The van der Waals surface area contributed by atoms with Crippen molar-refractivity contribution in [1.29, 1.82) is 0 Å². The van der Waals surface area contributed by atoms with Crippen molar-refractivity contribution >= 4 is 11.5 Å². The zero-order valence-electron chi connectivity index (χ0n) is 16.9. The summed E-state index contributed by atoms with van der Waals surface area (Å²) in [6.07, 6.45) is 2.30. The molecule has 2 aromatic carbocycles. The van der Waals surface area contributed by atoms with E-state index in [0.717, 1.165) is 55.5 Å². The topological polar surface area (TPSA) is 58.1 Å². The van der Waals surface area contributed by atoms with Gasteiger partial charge in [0.25, 0.3) is 0 Å². The molecule has 0 aromatic heterocycles. The predicted octanol–water partition coefficient (Wildman–Crippen LogP) is 3.56. The van der Waals surface area contributed by atoms with Gasteiger partial charge in [0, 0.05) is 26.1 Å². The van der Waals surface area contributed by atoms with Crippen LogP contribution in [0.4, 0.5) is 5.69 Å². The molecule has 0 saturated carbocycles. The number of anilines is 1. The Morgan fingerprint density at radius 1 is 1.11 bits per heavy atom. The molecule has 28 heavy (non-hydrogen) atoms. The Hall–Kier alpha value is -2.73. The highest BCUT2D eigenvalue weighted by Gasteiger charge is 2.24. The summed E-state index contributed by atoms with van der Waals surface area (Å²) in [5, 5.41) is 0. The lowest BCUT2D eigenvalue weighted by Gasteiger charge is -2.33. The number of nitrogens with one attached hydrogen (secondary N) is 2. The number of likely N-dealkylation sites (tertiary alicyclic amines) is 1. The van der Waals surface area contributed by atoms with Gasteiger partial charge in [-0.3, -0.25) is 20.7 Å². The molecule has 0 radical (unpaired) electrons. The van der Waals surface area contributed by atoms with Crippen molar-refractivity contribution in [3.63, 3.8) is 0 Å². The molecule has 0 bridgehead atoms. The number of methoxy groups -OCH3 is 2. The maximum atomic E-state index is 5.35. The van der Waals surface area contributed by atoms with E-state index < -0.39 is 0 Å². The average Bonchev–Trinajstić information content (AvgIpc) is 2.75. The molecule has 1 aliphatic heterocycles. The van der Waals surface area contributed by atoms with Crippen LogP contribution < -0.4 is 20.3 Å². The van der Waals surface area contributed by atoms with Gasteiger partial charge in [-0.15, -0.1) is 0 Å². The Bertz CT molecular complexity index is 776. The number of amidine groups is 1. The van der Waals surface area contributed by atoms with Crippen LogP contribution in [-0.2, 0) is 6.54 Å². The van der Waals surface area contributed by atoms with Crippen LogP contribution in [-0.4, -0.2) is 45.1 Å². The number of hydrogen-bond acceptors (Lipinski definition) is 5. The fourth-order valence-electron chi connectivity index (χ4n) is 3.60. The number of ether oxygens (including phenoxy) is 2. The second-order valence-electron chi connectivity index (χ2n) is 7.01. The molecule has 2 aromatic rings. The minimum Gasteiger partial charge on any atom is -0.497 e. The average molecular weight is 383 g/mol. The van der Waals surface area contributed by atoms with E-state index in [4.69, 9.17) is 9.47 Å². The van der Waals surface area contributed by atoms with Crippen LogP contribution in [0.5, 0.6) is 11.5 Å². The summed E-state index contributed by atoms with van der Waals surface area (Å²) in [5.74, 6) is 3.13. The number of aliphatic imine (C=N–C) groups is 1. The summed E-state index contributed by atoms with van der Waals surface area (Å²) in [6.45, 7) is 3.02. The Kier molecular flexibility index (Phi) is 7.14. The Labute approximate surface area is 167 Å². The first kappa shape index (κ1) is 20.0. The highest BCUT2D eigenvalue weighted by molar-refractivity contribution is 5.85. The van der Waals surface area contributed by atoms with Crippen LogP contribution in [0.3, 0.4) is 0 Å². The second kappa shape index (κ2) is 9.99. The normalized spacial score (nSPS) is 17.8. The number of rotatable bonds is 7. The van der Waals surface area contributed by atoms with Crippen molar-refractivity contribution < 1.29 is 9.47 Å². The van der Waals surface area contributed by atoms with Gasteiger partial charge >= 0.3 is 0 Å². The molecule has 6 heteroatoms. The van der Waals surface area contributed by atoms with E-state index in [0.29, 0.717) is 5.92 Å². The number of hydrogen-bond donors (Lipinski definition) is 2. The van der Waals surface area contributed by atoms with E-state index in [9.17, 15) is 0 Å². The minimum absolute atomic E-state index is 0.384. The molecule has 1 fully saturated rings. The summed E-state index contributed by atoms with van der Waals surface area (Å²) < 4.78 is 10.5. The van der Waals surface area contributed by atoms with Gasteiger partial charge in [0.15, 0.2) is 0 Å². The van der Waals surface area contributed by atoms with Crippen molar-refractivity contribution in [3.05, 3.63) is 54.1 Å². The SMILES string of the molecule is CN=C(NNc1ccc(OC)cc1)[C@H]1CCCN(Cc2cccc(OC)c2)C1. The summed E-state index contributed by atoms with van der Waals surface area (Å²) in [6, 6.07) is 16.1. The first-order valence-corrected chi connectivity index (χ1v) is 9.70. The maximum Gasteiger partial charge on any atom is 0.119 e. The third-order valence-electron chi connectivity index (χ3n) is 5.10. The molecule has 2 N–H and O–H groups in total. The molecule has 1 heterocycles. The molecule has 1 atom stereocenters. The van der Waals surface area contributed by atoms with Crippen LogP contribution >= 0.6 is 0 Å². The van der Waals surface area contributed by atoms with Crippen molar-refractivity contribution in [3.8, 4) is 11.5 Å². The van der Waals surface area contributed by atoms with Gasteiger partial charge in [0.2, 0.25) is 0 Å². The minimum atomic E-state index is 0.384. The lowest BCUT2D eigenvalue weighted by molar-refractivity contribution is 0.195. The van der Waals surface area contributed by atoms with E-state index >= 15 is 0 Å². The monoisotopic (exact) mass is 382 g/mol. The van der Waals surface area contributed by atoms with Gasteiger partial charge in [-0.1, -0.05) is 12.1 Å². The van der Waals surface area contributed by atoms with Gasteiger partial charge in [-0.25, -0.2) is 0 Å². The smallest absolute Gasteiger partial charge is 0.119 e. The number of piperidine rings is 1. The molecular formula is C22H30N4O2. The van der Waals surface area contributed by atoms with Gasteiger partial charge in [-0.05, 0) is 61.3 Å². The van der Waals surface area contributed by atoms with E-state index in [2.05, 4.69) is 38.9 Å². The van der Waals surface area contributed by atoms with Crippen LogP contribution in [0, 0.1) is 5.92 Å². The Morgan fingerprint density at radius 2 is 1.89 bits per heavy atom. The third kappa shape index (κ3) is 5.39. The molecule has 150 valence electrons. The van der Waals surface area contributed by atoms with Crippen molar-refractivity contribution in [2.24, 2.45) is 10.9 Å². The van der Waals surface area contributed by atoms with Crippen LogP contribution in [0.2, 0.25) is 0 Å². The number of hydrazine groups is 1. The summed E-state index contributed by atoms with van der Waals surface area (Å²) in [4.78, 5) is 6.99. The molecule has 3 rings (SSSR count). The van der Waals surface area contributed by atoms with Gasteiger partial charge in [-0.2, -0.15) is 0 Å². The third-order valence-corrected chi connectivity index (χ3v) is 5.10. The van der Waals surface area contributed by atoms with Gasteiger partial charge < -0.3 is 9.47 Å². The predicted molar refractivity (Wildman–Crippen MR) is 114 cm³/mol. The largest absolute Gasteiger partial charge is 0.497 e. The van der Waals surface area contributed by atoms with Crippen molar-refractivity contribution in [2.75, 3.05) is 39.8 Å². The Morgan fingerprint density at radius 3 is 2.61 bits per heavy atom. The van der Waals surface area contributed by atoms with E-state index in [1.807, 2.05) is 37.4 Å². The standard InChI is InChI=1S/C22H30N4O2/c1-23-22(25-24-19-9-11-20(27-2)12-10-19)18-7-5-13-26(16-18)15-17-6-4-8-21(14-17)28-3/h4,6,8-12,14,18,24H,5,7,13,15-16H2,1-3H3,(H,23,25)/t18-/m0/s1. The molecule has 1 aliphatic rings. The number of nitrogens with zero attached hydrogens (tertiary/aromatic N) is 2. The molecule has 6 nitrogen and oxygen atoms in total. The van der Waals surface area contributed by atoms with Crippen LogP contribution in [0.1, 0.15) is 18.4 Å². The highest BCUT2D eigenvalue weighted by atomic mass is 16.5. The summed E-state index contributed by atoms with van der Waals surface area (Å²) in [5.41, 5.74) is 8.82. The van der Waals surface area contributed by atoms with E-state index in [-0.39, 0.29) is 0 Å². The van der Waals surface area contributed by atoms with E-state index in [1.165, 1.54) is 5.56 Å². The number of benzene rings is 2. The lowest BCUT2D eigenvalue weighted by Crippen LogP contribution is -2.44. The maximum absolute atomic E-state index is 5.35. The zero-order valence-corrected chi connectivity index (χ0v) is 16.9. The molecule has 0 amide bonds. The fourth-order valence-corrected chi connectivity index (χ4v) is 3.60. The van der Waals surface area contributed by atoms with Crippen molar-refractivity contribution in [1.82, 2.24) is 10.3 Å². The summed E-state index contributed by atoms with van der Waals surface area (Å²) >= 11 is 0. The molecule has 0 aliphatic carbocycles. The van der Waals surface area contributed by atoms with Gasteiger partial charge in [0.05, 0.1) is 19.9 Å². The van der Waals surface area contributed by atoms with E-state index in [1.54, 1.807) is 14.2 Å². The molecule has 0 unspecified atom stereocenters. The Balaban J connectivity index is 1.56. The molecule has 1 saturated heterocycles. The quantitative estimate of drug-likeness (QED) is 0.436. The fraction of sp³-hybridized carbons (Fsp3) is 0.409. The molecule has 0 spiro atoms. The van der Waals surface area contributed by atoms with Crippen LogP contribution in [0.15, 0.2) is 53.5 Å². The molecular weight excluding hydrogens is 352 g/mol. The first-order valence-electron chi connectivity index (χ1n) is 9.70. The zero-order chi connectivity index (χ0) is 19.8. The van der Waals surface area contributed by atoms with Crippen LogP contribution in [0.25, 0.3) is 0 Å². The van der Waals surface area contributed by atoms with Crippen molar-refractivity contribution in [2.45, 2.75) is 19.4 Å². The second-order valence-corrected chi connectivity index (χ2v) is 7.01. The first-order chi connectivity index (χ1) is 13.7. The lowest BCUT2D eigenvalue weighted by atomic mass is 9.96.